The Morgan fingerprint density at radius 2 is 1.89 bits per heavy atom. The van der Waals surface area contributed by atoms with Crippen LogP contribution in [0.4, 0.5) is 5.69 Å². The number of rotatable bonds is 7. The standard InChI is InChI=1S/C21H26N2O4/c1-26-20-5-3-2-4-17(20)14-21(25)22-15-19(24)16-6-8-18(9-7-16)23-10-12-27-13-11-23/h2-9,19,24H,10-15H2,1H3,(H,22,25). The normalized spacial score (nSPS) is 15.3. The lowest BCUT2D eigenvalue weighted by Crippen LogP contribution is -2.36. The van der Waals surface area contributed by atoms with Crippen molar-refractivity contribution < 1.29 is 19.4 Å². The first kappa shape index (κ1) is 19.2. The van der Waals surface area contributed by atoms with Crippen molar-refractivity contribution >= 4 is 11.6 Å². The summed E-state index contributed by atoms with van der Waals surface area (Å²) in [6.45, 7) is 3.40. The number of ether oxygens (including phenoxy) is 2. The van der Waals surface area contributed by atoms with E-state index in [0.29, 0.717) is 5.75 Å². The van der Waals surface area contributed by atoms with Crippen LogP contribution >= 0.6 is 0 Å². The molecule has 2 aromatic rings. The minimum absolute atomic E-state index is 0.150. The predicted molar refractivity (Wildman–Crippen MR) is 104 cm³/mol. The van der Waals surface area contributed by atoms with Gasteiger partial charge in [-0.05, 0) is 23.8 Å². The summed E-state index contributed by atoms with van der Waals surface area (Å²) in [6.07, 6.45) is -0.530. The maximum Gasteiger partial charge on any atom is 0.224 e. The average Bonchev–Trinajstić information content (AvgIpc) is 2.73. The molecule has 27 heavy (non-hydrogen) atoms. The van der Waals surface area contributed by atoms with Gasteiger partial charge in [0, 0.05) is 30.9 Å². The minimum Gasteiger partial charge on any atom is -0.496 e. The van der Waals surface area contributed by atoms with Crippen molar-refractivity contribution in [3.8, 4) is 5.75 Å². The zero-order valence-electron chi connectivity index (χ0n) is 15.6. The monoisotopic (exact) mass is 370 g/mol. The van der Waals surface area contributed by atoms with Crippen molar-refractivity contribution in [2.24, 2.45) is 0 Å². The molecule has 0 aromatic heterocycles. The van der Waals surface area contributed by atoms with Crippen LogP contribution in [0.25, 0.3) is 0 Å². The molecule has 144 valence electrons. The van der Waals surface area contributed by atoms with Crippen LogP contribution in [0.15, 0.2) is 48.5 Å². The van der Waals surface area contributed by atoms with E-state index in [0.717, 1.165) is 43.1 Å². The first-order chi connectivity index (χ1) is 13.2. The molecular formula is C21H26N2O4. The Kier molecular flexibility index (Phi) is 6.68. The number of benzene rings is 2. The number of anilines is 1. The van der Waals surface area contributed by atoms with Gasteiger partial charge in [0.25, 0.3) is 0 Å². The molecule has 6 nitrogen and oxygen atoms in total. The number of carbonyl (C=O) groups is 1. The summed E-state index contributed by atoms with van der Waals surface area (Å²) in [5, 5.41) is 13.2. The van der Waals surface area contributed by atoms with E-state index in [9.17, 15) is 9.90 Å². The van der Waals surface area contributed by atoms with Gasteiger partial charge in [0.2, 0.25) is 5.91 Å². The molecule has 1 fully saturated rings. The number of morpholine rings is 1. The highest BCUT2D eigenvalue weighted by molar-refractivity contribution is 5.79. The summed E-state index contributed by atoms with van der Waals surface area (Å²) in [6, 6.07) is 15.2. The third kappa shape index (κ3) is 5.21. The summed E-state index contributed by atoms with van der Waals surface area (Å²) in [4.78, 5) is 14.4. The van der Waals surface area contributed by atoms with Crippen LogP contribution in [0.1, 0.15) is 17.2 Å². The molecule has 0 saturated carbocycles. The number of para-hydroxylation sites is 1. The second kappa shape index (κ2) is 9.39. The zero-order chi connectivity index (χ0) is 19.1. The average molecular weight is 370 g/mol. The fraction of sp³-hybridized carbons (Fsp3) is 0.381. The van der Waals surface area contributed by atoms with E-state index in [1.165, 1.54) is 0 Å². The van der Waals surface area contributed by atoms with E-state index in [-0.39, 0.29) is 18.9 Å². The molecule has 3 rings (SSSR count). The molecule has 1 atom stereocenters. The molecule has 2 aromatic carbocycles. The highest BCUT2D eigenvalue weighted by Crippen LogP contribution is 2.20. The molecular weight excluding hydrogens is 344 g/mol. The SMILES string of the molecule is COc1ccccc1CC(=O)NCC(O)c1ccc(N2CCOCC2)cc1. The number of hydrogen-bond donors (Lipinski definition) is 2. The molecule has 1 aliphatic rings. The molecule has 1 unspecified atom stereocenters. The van der Waals surface area contributed by atoms with E-state index < -0.39 is 6.10 Å². The Morgan fingerprint density at radius 1 is 1.19 bits per heavy atom. The van der Waals surface area contributed by atoms with Crippen LogP contribution in [0, 0.1) is 0 Å². The van der Waals surface area contributed by atoms with Crippen molar-refractivity contribution in [1.29, 1.82) is 0 Å². The molecule has 1 saturated heterocycles. The van der Waals surface area contributed by atoms with E-state index in [1.54, 1.807) is 7.11 Å². The van der Waals surface area contributed by atoms with Crippen LogP contribution in [-0.4, -0.2) is 51.0 Å². The van der Waals surface area contributed by atoms with Crippen LogP contribution < -0.4 is 15.0 Å². The van der Waals surface area contributed by atoms with Crippen LogP contribution in [0.5, 0.6) is 5.75 Å². The van der Waals surface area contributed by atoms with Crippen molar-refractivity contribution in [3.05, 3.63) is 59.7 Å². The Bertz CT molecular complexity index is 742. The molecule has 1 amide bonds. The molecule has 1 aliphatic heterocycles. The smallest absolute Gasteiger partial charge is 0.224 e. The lowest BCUT2D eigenvalue weighted by Gasteiger charge is -2.29. The second-order valence-corrected chi connectivity index (χ2v) is 6.50. The number of methoxy groups -OCH3 is 1. The third-order valence-electron chi connectivity index (χ3n) is 4.69. The van der Waals surface area contributed by atoms with E-state index in [1.807, 2.05) is 48.5 Å². The van der Waals surface area contributed by atoms with Crippen molar-refractivity contribution in [1.82, 2.24) is 5.32 Å². The van der Waals surface area contributed by atoms with Gasteiger partial charge in [-0.3, -0.25) is 4.79 Å². The maximum absolute atomic E-state index is 12.2. The van der Waals surface area contributed by atoms with E-state index >= 15 is 0 Å². The highest BCUT2D eigenvalue weighted by atomic mass is 16.5. The summed E-state index contributed by atoms with van der Waals surface area (Å²) < 4.78 is 10.6. The quantitative estimate of drug-likeness (QED) is 0.779. The van der Waals surface area contributed by atoms with Crippen molar-refractivity contribution in [2.75, 3.05) is 44.9 Å². The van der Waals surface area contributed by atoms with E-state index in [2.05, 4.69) is 10.2 Å². The lowest BCUT2D eigenvalue weighted by molar-refractivity contribution is -0.120. The van der Waals surface area contributed by atoms with Crippen molar-refractivity contribution in [2.45, 2.75) is 12.5 Å². The number of amides is 1. The summed E-state index contributed by atoms with van der Waals surface area (Å²) >= 11 is 0. The van der Waals surface area contributed by atoms with Crippen LogP contribution in [0.2, 0.25) is 0 Å². The maximum atomic E-state index is 12.2. The Labute approximate surface area is 159 Å². The summed E-state index contributed by atoms with van der Waals surface area (Å²) in [5.74, 6) is 0.537. The van der Waals surface area contributed by atoms with Gasteiger partial charge in [0.05, 0.1) is 32.8 Å². The molecule has 0 bridgehead atoms. The fourth-order valence-corrected chi connectivity index (χ4v) is 3.14. The number of hydrogen-bond acceptors (Lipinski definition) is 5. The number of nitrogens with zero attached hydrogens (tertiary/aromatic N) is 1. The second-order valence-electron chi connectivity index (χ2n) is 6.50. The zero-order valence-corrected chi connectivity index (χ0v) is 15.6. The number of aliphatic hydroxyl groups is 1. The first-order valence-electron chi connectivity index (χ1n) is 9.16. The van der Waals surface area contributed by atoms with Gasteiger partial charge >= 0.3 is 0 Å². The van der Waals surface area contributed by atoms with Gasteiger partial charge in [0.15, 0.2) is 0 Å². The molecule has 0 radical (unpaired) electrons. The molecule has 2 N–H and O–H groups in total. The van der Waals surface area contributed by atoms with Crippen LogP contribution in [0.3, 0.4) is 0 Å². The number of nitrogens with one attached hydrogen (secondary N) is 1. The van der Waals surface area contributed by atoms with Gasteiger partial charge in [-0.2, -0.15) is 0 Å². The number of aliphatic hydroxyl groups excluding tert-OH is 1. The van der Waals surface area contributed by atoms with Gasteiger partial charge in [-0.1, -0.05) is 30.3 Å². The van der Waals surface area contributed by atoms with Crippen LogP contribution in [-0.2, 0) is 16.0 Å². The van der Waals surface area contributed by atoms with Gasteiger partial charge < -0.3 is 24.8 Å². The highest BCUT2D eigenvalue weighted by Gasteiger charge is 2.14. The Balaban J connectivity index is 1.51. The van der Waals surface area contributed by atoms with Gasteiger partial charge in [-0.15, -0.1) is 0 Å². The molecule has 6 heteroatoms. The minimum atomic E-state index is -0.745. The lowest BCUT2D eigenvalue weighted by atomic mass is 10.1. The Morgan fingerprint density at radius 3 is 2.59 bits per heavy atom. The predicted octanol–water partition coefficient (Wildman–Crippen LogP) is 1.92. The molecule has 1 heterocycles. The number of carbonyl (C=O) groups excluding carboxylic acids is 1. The Hall–Kier alpha value is -2.57. The third-order valence-corrected chi connectivity index (χ3v) is 4.69. The fourth-order valence-electron chi connectivity index (χ4n) is 3.14. The summed E-state index contributed by atoms with van der Waals surface area (Å²) in [7, 11) is 1.58. The summed E-state index contributed by atoms with van der Waals surface area (Å²) in [5.41, 5.74) is 2.72. The largest absolute Gasteiger partial charge is 0.496 e. The first-order valence-corrected chi connectivity index (χ1v) is 9.16. The molecule has 0 spiro atoms. The van der Waals surface area contributed by atoms with Gasteiger partial charge in [0.1, 0.15) is 5.75 Å². The van der Waals surface area contributed by atoms with Crippen molar-refractivity contribution in [3.63, 3.8) is 0 Å². The van der Waals surface area contributed by atoms with E-state index in [4.69, 9.17) is 9.47 Å². The van der Waals surface area contributed by atoms with Gasteiger partial charge in [-0.25, -0.2) is 0 Å². The molecule has 0 aliphatic carbocycles. The topological polar surface area (TPSA) is 71.0 Å².